The maximum Gasteiger partial charge on any atom is 0.306 e. The van der Waals surface area contributed by atoms with Crippen LogP contribution in [0.25, 0.3) is 0 Å². The first-order valence-electron chi connectivity index (χ1n) is 7.36. The van der Waals surface area contributed by atoms with Crippen molar-refractivity contribution in [2.24, 2.45) is 5.92 Å². The lowest BCUT2D eigenvalue weighted by Gasteiger charge is -2.10. The summed E-state index contributed by atoms with van der Waals surface area (Å²) in [5.74, 6) is -1.16. The van der Waals surface area contributed by atoms with Crippen molar-refractivity contribution in [3.05, 3.63) is 0 Å². The summed E-state index contributed by atoms with van der Waals surface area (Å²) in [5.41, 5.74) is 0. The van der Waals surface area contributed by atoms with Gasteiger partial charge in [-0.05, 0) is 12.8 Å². The molecule has 1 atom stereocenters. The minimum atomic E-state index is -0.817. The van der Waals surface area contributed by atoms with E-state index in [1.165, 1.54) is 19.3 Å². The van der Waals surface area contributed by atoms with E-state index in [2.05, 4.69) is 6.92 Å². The van der Waals surface area contributed by atoms with Crippen molar-refractivity contribution in [3.63, 3.8) is 0 Å². The smallest absolute Gasteiger partial charge is 0.306 e. The van der Waals surface area contributed by atoms with Crippen molar-refractivity contribution < 1.29 is 14.7 Å². The molecule has 0 heterocycles. The second-order valence-corrected chi connectivity index (χ2v) is 5.08. The third kappa shape index (κ3) is 9.20. The summed E-state index contributed by atoms with van der Waals surface area (Å²) in [6, 6.07) is 0. The monoisotopic (exact) mass is 256 g/mol. The van der Waals surface area contributed by atoms with E-state index in [0.29, 0.717) is 12.8 Å². The molecule has 18 heavy (non-hydrogen) atoms. The van der Waals surface area contributed by atoms with Crippen LogP contribution in [0.15, 0.2) is 0 Å². The molecule has 0 bridgehead atoms. The van der Waals surface area contributed by atoms with Gasteiger partial charge in [-0.2, -0.15) is 0 Å². The number of unbranched alkanes of at least 4 members (excludes halogenated alkanes) is 5. The largest absolute Gasteiger partial charge is 0.481 e. The van der Waals surface area contributed by atoms with E-state index in [9.17, 15) is 9.59 Å². The van der Waals surface area contributed by atoms with Crippen LogP contribution in [0.2, 0.25) is 0 Å². The van der Waals surface area contributed by atoms with Crippen LogP contribution in [0.5, 0.6) is 0 Å². The zero-order valence-electron chi connectivity index (χ0n) is 11.9. The fourth-order valence-corrected chi connectivity index (χ4v) is 2.07. The summed E-state index contributed by atoms with van der Waals surface area (Å²) in [5, 5.41) is 9.04. The quantitative estimate of drug-likeness (QED) is 0.532. The van der Waals surface area contributed by atoms with E-state index in [1.54, 1.807) is 0 Å². The van der Waals surface area contributed by atoms with Gasteiger partial charge < -0.3 is 5.11 Å². The molecule has 3 nitrogen and oxygen atoms in total. The number of hydrogen-bond acceptors (Lipinski definition) is 2. The molecule has 0 aliphatic rings. The lowest BCUT2D eigenvalue weighted by molar-refractivity contribution is -0.144. The predicted molar refractivity (Wildman–Crippen MR) is 73.7 cm³/mol. The van der Waals surface area contributed by atoms with Gasteiger partial charge in [0.15, 0.2) is 0 Å². The normalized spacial score (nSPS) is 12.3. The number of ketones is 1. The van der Waals surface area contributed by atoms with Gasteiger partial charge in [-0.3, -0.25) is 9.59 Å². The number of carboxylic acids is 1. The molecule has 0 radical (unpaired) electrons. The van der Waals surface area contributed by atoms with Gasteiger partial charge in [0.2, 0.25) is 0 Å². The van der Waals surface area contributed by atoms with E-state index >= 15 is 0 Å². The Kier molecular flexibility index (Phi) is 10.7. The molecule has 0 aliphatic carbocycles. The molecule has 1 unspecified atom stereocenters. The van der Waals surface area contributed by atoms with Crippen LogP contribution in [0, 0.1) is 5.92 Å². The molecule has 0 aromatic carbocycles. The van der Waals surface area contributed by atoms with Crippen LogP contribution >= 0.6 is 0 Å². The highest BCUT2D eigenvalue weighted by atomic mass is 16.4. The Hall–Kier alpha value is -0.860. The first kappa shape index (κ1) is 17.1. The summed E-state index contributed by atoms with van der Waals surface area (Å²) < 4.78 is 0. The fourth-order valence-electron chi connectivity index (χ4n) is 2.07. The van der Waals surface area contributed by atoms with Gasteiger partial charge in [0.25, 0.3) is 0 Å². The number of Topliss-reactive ketones (excluding diaryl/α,β-unsaturated/α-hetero) is 1. The second kappa shape index (κ2) is 11.2. The van der Waals surface area contributed by atoms with Gasteiger partial charge in [0.1, 0.15) is 5.78 Å². The van der Waals surface area contributed by atoms with Crippen molar-refractivity contribution in [2.75, 3.05) is 0 Å². The minimum Gasteiger partial charge on any atom is -0.481 e. The number of carbonyl (C=O) groups excluding carboxylic acids is 1. The Bertz CT molecular complexity index is 236. The first-order chi connectivity index (χ1) is 8.61. The van der Waals surface area contributed by atoms with Gasteiger partial charge in [-0.15, -0.1) is 0 Å². The van der Waals surface area contributed by atoms with Crippen molar-refractivity contribution in [1.29, 1.82) is 0 Å². The number of carbonyl (C=O) groups is 2. The van der Waals surface area contributed by atoms with Gasteiger partial charge in [-0.25, -0.2) is 0 Å². The number of aliphatic carboxylic acids is 1. The summed E-state index contributed by atoms with van der Waals surface area (Å²) in [6.07, 6.45) is 8.90. The molecule has 0 aromatic rings. The van der Waals surface area contributed by atoms with E-state index in [4.69, 9.17) is 5.11 Å². The Balaban J connectivity index is 3.77. The highest BCUT2D eigenvalue weighted by Crippen LogP contribution is 2.16. The fraction of sp³-hybridized carbons (Fsp3) is 0.867. The summed E-state index contributed by atoms with van der Waals surface area (Å²) >= 11 is 0. The van der Waals surface area contributed by atoms with Crippen molar-refractivity contribution >= 4 is 11.8 Å². The third-order valence-electron chi connectivity index (χ3n) is 3.29. The van der Waals surface area contributed by atoms with Crippen LogP contribution in [0.4, 0.5) is 0 Å². The number of rotatable bonds is 12. The average molecular weight is 256 g/mol. The van der Waals surface area contributed by atoms with Crippen LogP contribution in [0.3, 0.4) is 0 Å². The number of hydrogen-bond donors (Lipinski definition) is 1. The predicted octanol–water partition coefficient (Wildman–Crippen LogP) is 4.20. The Morgan fingerprint density at radius 2 is 1.56 bits per heavy atom. The molecule has 0 rings (SSSR count). The average Bonchev–Trinajstić information content (AvgIpc) is 2.33. The molecule has 106 valence electrons. The molecule has 0 fully saturated rings. The minimum absolute atomic E-state index is 0.120. The first-order valence-corrected chi connectivity index (χ1v) is 7.36. The molecular weight excluding hydrogens is 228 g/mol. The zero-order chi connectivity index (χ0) is 13.8. The summed E-state index contributed by atoms with van der Waals surface area (Å²) in [4.78, 5) is 22.7. The van der Waals surface area contributed by atoms with E-state index < -0.39 is 11.9 Å². The van der Waals surface area contributed by atoms with Gasteiger partial charge in [-0.1, -0.05) is 52.4 Å². The second-order valence-electron chi connectivity index (χ2n) is 5.08. The lowest BCUT2D eigenvalue weighted by Crippen LogP contribution is -2.18. The van der Waals surface area contributed by atoms with E-state index in [-0.39, 0.29) is 12.2 Å². The third-order valence-corrected chi connectivity index (χ3v) is 3.29. The van der Waals surface area contributed by atoms with Gasteiger partial charge in [0.05, 0.1) is 5.92 Å². The molecule has 0 amide bonds. The standard InChI is InChI=1S/C15H28O3/c1-3-5-7-8-9-11-14(16)12-13(15(17)18)10-6-4-2/h13H,3-12H2,1-2H3,(H,17,18). The summed E-state index contributed by atoms with van der Waals surface area (Å²) in [6.45, 7) is 4.20. The molecule has 1 N–H and O–H groups in total. The Morgan fingerprint density at radius 3 is 2.11 bits per heavy atom. The molecule has 0 spiro atoms. The van der Waals surface area contributed by atoms with E-state index in [1.807, 2.05) is 6.92 Å². The maximum absolute atomic E-state index is 11.7. The molecular formula is C15H28O3. The van der Waals surface area contributed by atoms with Gasteiger partial charge in [0, 0.05) is 12.8 Å². The molecule has 0 aromatic heterocycles. The molecule has 3 heteroatoms. The summed E-state index contributed by atoms with van der Waals surface area (Å²) in [7, 11) is 0. The molecule has 0 saturated heterocycles. The van der Waals surface area contributed by atoms with Crippen molar-refractivity contribution in [3.8, 4) is 0 Å². The zero-order valence-corrected chi connectivity index (χ0v) is 11.9. The molecule has 0 aliphatic heterocycles. The number of carboxylic acid groups (broad SMARTS) is 1. The highest BCUT2D eigenvalue weighted by Gasteiger charge is 2.20. The topological polar surface area (TPSA) is 54.4 Å². The molecule has 0 saturated carbocycles. The van der Waals surface area contributed by atoms with Crippen LogP contribution in [-0.4, -0.2) is 16.9 Å². The van der Waals surface area contributed by atoms with Crippen LogP contribution in [0.1, 0.15) is 78.1 Å². The lowest BCUT2D eigenvalue weighted by atomic mass is 9.94. The Morgan fingerprint density at radius 1 is 0.944 bits per heavy atom. The van der Waals surface area contributed by atoms with Crippen molar-refractivity contribution in [1.82, 2.24) is 0 Å². The highest BCUT2D eigenvalue weighted by molar-refractivity contribution is 5.83. The van der Waals surface area contributed by atoms with Gasteiger partial charge >= 0.3 is 5.97 Å². The maximum atomic E-state index is 11.7. The van der Waals surface area contributed by atoms with Crippen molar-refractivity contribution in [2.45, 2.75) is 78.1 Å². The van der Waals surface area contributed by atoms with E-state index in [0.717, 1.165) is 25.7 Å². The van der Waals surface area contributed by atoms with Crippen LogP contribution < -0.4 is 0 Å². The Labute approximate surface area is 111 Å². The SMILES string of the molecule is CCCCCCCC(=O)CC(CCCC)C(=O)O. The van der Waals surface area contributed by atoms with Crippen LogP contribution in [-0.2, 0) is 9.59 Å².